The molecule has 0 aliphatic carbocycles. The summed E-state index contributed by atoms with van der Waals surface area (Å²) < 4.78 is 7.88. The van der Waals surface area contributed by atoms with Crippen molar-refractivity contribution >= 4 is 21.6 Å². The Balaban J connectivity index is 2.39. The molecule has 3 aromatic rings. The maximum atomic E-state index is 12.8. The van der Waals surface area contributed by atoms with Gasteiger partial charge in [0.05, 0.1) is 10.3 Å². The predicted octanol–water partition coefficient (Wildman–Crippen LogP) is 2.38. The Morgan fingerprint density at radius 3 is 2.68 bits per heavy atom. The fourth-order valence-electron chi connectivity index (χ4n) is 2.57. The molecule has 6 nitrogen and oxygen atoms in total. The lowest BCUT2D eigenvalue weighted by Crippen LogP contribution is -2.39. The van der Waals surface area contributed by atoms with Crippen LogP contribution in [-0.2, 0) is 13.6 Å². The van der Waals surface area contributed by atoms with Crippen LogP contribution in [0, 0.1) is 12.8 Å². The van der Waals surface area contributed by atoms with Crippen LogP contribution in [0.3, 0.4) is 0 Å². The second-order valence-corrected chi connectivity index (χ2v) is 6.76. The number of rotatable bonds is 3. The molecule has 116 valence electrons. The van der Waals surface area contributed by atoms with Gasteiger partial charge in [0.15, 0.2) is 6.39 Å². The van der Waals surface area contributed by atoms with Gasteiger partial charge >= 0.3 is 5.69 Å². The maximum Gasteiger partial charge on any atom is 0.331 e. The highest BCUT2D eigenvalue weighted by molar-refractivity contribution is 7.22. The molecular weight excluding hydrogens is 302 g/mol. The normalized spacial score (nSPS) is 11.7. The first-order valence-electron chi connectivity index (χ1n) is 7.03. The molecular formula is C15H17N3O3S. The number of fused-ring (bicyclic) bond motifs is 1. The van der Waals surface area contributed by atoms with Crippen LogP contribution < -0.4 is 11.2 Å². The summed E-state index contributed by atoms with van der Waals surface area (Å²) in [4.78, 5) is 30.9. The van der Waals surface area contributed by atoms with Crippen molar-refractivity contribution in [2.45, 2.75) is 27.3 Å². The Hall–Kier alpha value is -2.15. The van der Waals surface area contributed by atoms with E-state index in [1.54, 1.807) is 17.9 Å². The monoisotopic (exact) mass is 319 g/mol. The van der Waals surface area contributed by atoms with E-state index in [0.717, 1.165) is 10.4 Å². The maximum absolute atomic E-state index is 12.8. The van der Waals surface area contributed by atoms with E-state index in [-0.39, 0.29) is 17.2 Å². The lowest BCUT2D eigenvalue weighted by molar-refractivity contribution is 0.486. The van der Waals surface area contributed by atoms with E-state index in [4.69, 9.17) is 4.42 Å². The van der Waals surface area contributed by atoms with E-state index in [0.29, 0.717) is 22.5 Å². The Kier molecular flexibility index (Phi) is 3.52. The largest absolute Gasteiger partial charge is 0.451 e. The lowest BCUT2D eigenvalue weighted by atomic mass is 10.2. The average molecular weight is 319 g/mol. The number of oxazole rings is 1. The first kappa shape index (κ1) is 14.8. The highest BCUT2D eigenvalue weighted by Gasteiger charge is 2.20. The van der Waals surface area contributed by atoms with Gasteiger partial charge in [-0.2, -0.15) is 0 Å². The van der Waals surface area contributed by atoms with Gasteiger partial charge in [-0.1, -0.05) is 13.8 Å². The zero-order chi connectivity index (χ0) is 16.0. The van der Waals surface area contributed by atoms with Gasteiger partial charge in [-0.25, -0.2) is 9.78 Å². The topological polar surface area (TPSA) is 70.0 Å². The van der Waals surface area contributed by atoms with Crippen molar-refractivity contribution in [3.63, 3.8) is 0 Å². The first-order chi connectivity index (χ1) is 10.4. The summed E-state index contributed by atoms with van der Waals surface area (Å²) in [6.07, 6.45) is 2.90. The van der Waals surface area contributed by atoms with Gasteiger partial charge in [-0.15, -0.1) is 11.3 Å². The summed E-state index contributed by atoms with van der Waals surface area (Å²) >= 11 is 1.39. The Labute approximate surface area is 130 Å². The molecule has 3 heterocycles. The summed E-state index contributed by atoms with van der Waals surface area (Å²) in [6.45, 7) is 6.26. The SMILES string of the molecule is Cc1c(-c2cocn2)sc2c1c(=O)n(CC(C)C)c(=O)n2C. The van der Waals surface area contributed by atoms with E-state index in [9.17, 15) is 9.59 Å². The van der Waals surface area contributed by atoms with Crippen molar-refractivity contribution in [2.24, 2.45) is 13.0 Å². The van der Waals surface area contributed by atoms with E-state index in [1.807, 2.05) is 20.8 Å². The van der Waals surface area contributed by atoms with Crippen LogP contribution in [0.5, 0.6) is 0 Å². The molecule has 22 heavy (non-hydrogen) atoms. The highest BCUT2D eigenvalue weighted by Crippen LogP contribution is 2.34. The average Bonchev–Trinajstić information content (AvgIpc) is 3.08. The number of hydrogen-bond donors (Lipinski definition) is 0. The molecule has 0 atom stereocenters. The predicted molar refractivity (Wildman–Crippen MR) is 86.4 cm³/mol. The molecule has 0 saturated carbocycles. The second-order valence-electron chi connectivity index (χ2n) is 5.76. The zero-order valence-corrected chi connectivity index (χ0v) is 13.7. The van der Waals surface area contributed by atoms with E-state index in [2.05, 4.69) is 4.98 Å². The summed E-state index contributed by atoms with van der Waals surface area (Å²) in [7, 11) is 1.70. The molecule has 0 aliphatic rings. The minimum Gasteiger partial charge on any atom is -0.451 e. The summed E-state index contributed by atoms with van der Waals surface area (Å²) in [5, 5.41) is 0.589. The summed E-state index contributed by atoms with van der Waals surface area (Å²) in [5.74, 6) is 0.219. The fraction of sp³-hybridized carbons (Fsp3) is 0.400. The molecule has 0 fully saturated rings. The smallest absolute Gasteiger partial charge is 0.331 e. The van der Waals surface area contributed by atoms with Gasteiger partial charge in [-0.05, 0) is 18.4 Å². The van der Waals surface area contributed by atoms with Crippen molar-refractivity contribution in [3.8, 4) is 10.6 Å². The summed E-state index contributed by atoms with van der Waals surface area (Å²) in [6, 6.07) is 0. The van der Waals surface area contributed by atoms with Crippen molar-refractivity contribution in [1.82, 2.24) is 14.1 Å². The van der Waals surface area contributed by atoms with Gasteiger partial charge in [0.1, 0.15) is 16.8 Å². The van der Waals surface area contributed by atoms with Crippen molar-refractivity contribution in [3.05, 3.63) is 39.1 Å². The van der Waals surface area contributed by atoms with Crippen LogP contribution in [-0.4, -0.2) is 14.1 Å². The minimum atomic E-state index is -0.279. The van der Waals surface area contributed by atoms with Crippen LogP contribution in [0.25, 0.3) is 20.8 Å². The van der Waals surface area contributed by atoms with Gasteiger partial charge in [-0.3, -0.25) is 13.9 Å². The van der Waals surface area contributed by atoms with Crippen LogP contribution >= 0.6 is 11.3 Å². The molecule has 3 aromatic heterocycles. The third-order valence-corrected chi connectivity index (χ3v) is 5.01. The number of nitrogens with zero attached hydrogens (tertiary/aromatic N) is 3. The van der Waals surface area contributed by atoms with E-state index >= 15 is 0 Å². The number of hydrogen-bond acceptors (Lipinski definition) is 5. The Bertz CT molecular complexity index is 945. The molecule has 7 heteroatoms. The minimum absolute atomic E-state index is 0.219. The second kappa shape index (κ2) is 5.24. The fourth-order valence-corrected chi connectivity index (χ4v) is 3.78. The summed E-state index contributed by atoms with van der Waals surface area (Å²) in [5.41, 5.74) is 1.02. The van der Waals surface area contributed by atoms with Crippen LogP contribution in [0.2, 0.25) is 0 Å². The molecule has 0 unspecified atom stereocenters. The lowest BCUT2D eigenvalue weighted by Gasteiger charge is -2.10. The number of aryl methyl sites for hydroxylation is 2. The Morgan fingerprint density at radius 1 is 1.36 bits per heavy atom. The third kappa shape index (κ3) is 2.12. The first-order valence-corrected chi connectivity index (χ1v) is 7.85. The number of aromatic nitrogens is 3. The molecule has 0 amide bonds. The highest BCUT2D eigenvalue weighted by atomic mass is 32.1. The van der Waals surface area contributed by atoms with Crippen molar-refractivity contribution < 1.29 is 4.42 Å². The van der Waals surface area contributed by atoms with Crippen molar-refractivity contribution in [1.29, 1.82) is 0 Å². The standard InChI is InChI=1S/C15H17N3O3S/c1-8(2)5-18-13(19)11-9(3)12(10-6-21-7-16-10)22-14(11)17(4)15(18)20/h6-8H,5H2,1-4H3. The van der Waals surface area contributed by atoms with E-state index in [1.165, 1.54) is 22.3 Å². The van der Waals surface area contributed by atoms with Crippen LogP contribution in [0.1, 0.15) is 19.4 Å². The van der Waals surface area contributed by atoms with Gasteiger partial charge in [0, 0.05) is 13.6 Å². The van der Waals surface area contributed by atoms with Gasteiger partial charge in [0.25, 0.3) is 5.56 Å². The zero-order valence-electron chi connectivity index (χ0n) is 12.9. The molecule has 3 rings (SSSR count). The molecule has 0 N–H and O–H groups in total. The quantitative estimate of drug-likeness (QED) is 0.743. The molecule has 0 bridgehead atoms. The molecule has 0 aliphatic heterocycles. The van der Waals surface area contributed by atoms with Crippen LogP contribution in [0.15, 0.2) is 26.7 Å². The molecule has 0 spiro atoms. The molecule has 0 saturated heterocycles. The van der Waals surface area contributed by atoms with Crippen molar-refractivity contribution in [2.75, 3.05) is 0 Å². The van der Waals surface area contributed by atoms with Gasteiger partial charge < -0.3 is 4.42 Å². The van der Waals surface area contributed by atoms with Gasteiger partial charge in [0.2, 0.25) is 0 Å². The Morgan fingerprint density at radius 2 is 2.09 bits per heavy atom. The number of thiophene rings is 1. The third-order valence-electron chi connectivity index (χ3n) is 3.62. The van der Waals surface area contributed by atoms with Crippen LogP contribution in [0.4, 0.5) is 0 Å². The molecule has 0 aromatic carbocycles. The molecule has 0 radical (unpaired) electrons. The van der Waals surface area contributed by atoms with E-state index < -0.39 is 0 Å².